The second-order valence-electron chi connectivity index (χ2n) is 6.76. The van der Waals surface area contributed by atoms with Gasteiger partial charge in [-0.2, -0.15) is 0 Å². The first-order chi connectivity index (χ1) is 14.0. The summed E-state index contributed by atoms with van der Waals surface area (Å²) >= 11 is 1.53. The monoisotopic (exact) mass is 409 g/mol. The molecule has 7 heteroatoms. The number of aryl methyl sites for hydroxylation is 2. The highest BCUT2D eigenvalue weighted by Gasteiger charge is 2.19. The topological polar surface area (TPSA) is 85.1 Å². The summed E-state index contributed by atoms with van der Waals surface area (Å²) in [7, 11) is 0. The van der Waals surface area contributed by atoms with Gasteiger partial charge in [-0.3, -0.25) is 14.9 Å². The zero-order valence-electron chi connectivity index (χ0n) is 16.2. The average molecular weight is 410 g/mol. The minimum atomic E-state index is -0.416. The number of aromatic nitrogens is 1. The maximum atomic E-state index is 12.6. The first-order valence-corrected chi connectivity index (χ1v) is 10.4. The minimum absolute atomic E-state index is 0.0333. The Labute approximate surface area is 173 Å². The summed E-state index contributed by atoms with van der Waals surface area (Å²) in [5.41, 5.74) is 3.09. The molecule has 1 amide bonds. The normalized spacial score (nSPS) is 11.8. The Morgan fingerprint density at radius 1 is 1.14 bits per heavy atom. The van der Waals surface area contributed by atoms with Gasteiger partial charge in [-0.1, -0.05) is 49.4 Å². The number of hydrogen-bond donors (Lipinski definition) is 1. The lowest BCUT2D eigenvalue weighted by molar-refractivity contribution is -0.384. The Morgan fingerprint density at radius 3 is 2.48 bits per heavy atom. The molecule has 3 aromatic rings. The SMILES string of the molecule is CCc1csc(C(Cc2ccc([N+](=O)[O-])cc2)NC(=O)CCc2ccccc2)n1. The van der Waals surface area contributed by atoms with Crippen molar-refractivity contribution >= 4 is 22.9 Å². The highest BCUT2D eigenvalue weighted by Crippen LogP contribution is 2.24. The third kappa shape index (κ3) is 5.96. The number of rotatable bonds is 9. The van der Waals surface area contributed by atoms with Crippen LogP contribution in [0.5, 0.6) is 0 Å². The van der Waals surface area contributed by atoms with Crippen LogP contribution >= 0.6 is 11.3 Å². The van der Waals surface area contributed by atoms with E-state index >= 15 is 0 Å². The van der Waals surface area contributed by atoms with Gasteiger partial charge in [0.2, 0.25) is 5.91 Å². The molecule has 0 bridgehead atoms. The lowest BCUT2D eigenvalue weighted by atomic mass is 10.0. The third-order valence-corrected chi connectivity index (χ3v) is 5.64. The lowest BCUT2D eigenvalue weighted by Gasteiger charge is -2.17. The quantitative estimate of drug-likeness (QED) is 0.412. The molecule has 29 heavy (non-hydrogen) atoms. The molecule has 2 aromatic carbocycles. The van der Waals surface area contributed by atoms with E-state index in [2.05, 4.69) is 10.3 Å². The van der Waals surface area contributed by atoms with Crippen LogP contribution in [0.3, 0.4) is 0 Å². The van der Waals surface area contributed by atoms with Crippen LogP contribution in [0.15, 0.2) is 60.0 Å². The van der Waals surface area contributed by atoms with E-state index < -0.39 is 4.92 Å². The van der Waals surface area contributed by atoms with E-state index in [1.54, 1.807) is 12.1 Å². The maximum absolute atomic E-state index is 12.6. The number of nitrogens with one attached hydrogen (secondary N) is 1. The van der Waals surface area contributed by atoms with Crippen molar-refractivity contribution in [1.82, 2.24) is 10.3 Å². The average Bonchev–Trinajstić information content (AvgIpc) is 3.22. The van der Waals surface area contributed by atoms with E-state index in [0.29, 0.717) is 19.3 Å². The number of carbonyl (C=O) groups is 1. The largest absolute Gasteiger partial charge is 0.347 e. The summed E-state index contributed by atoms with van der Waals surface area (Å²) in [6.45, 7) is 2.04. The van der Waals surface area contributed by atoms with Gasteiger partial charge in [-0.25, -0.2) is 4.98 Å². The molecule has 3 rings (SSSR count). The van der Waals surface area contributed by atoms with Gasteiger partial charge in [0.15, 0.2) is 0 Å². The van der Waals surface area contributed by atoms with Crippen LogP contribution in [0, 0.1) is 10.1 Å². The number of amides is 1. The molecule has 1 aromatic heterocycles. The van der Waals surface area contributed by atoms with E-state index in [1.165, 1.54) is 23.5 Å². The summed E-state index contributed by atoms with van der Waals surface area (Å²) in [6, 6.07) is 16.1. The highest BCUT2D eigenvalue weighted by atomic mass is 32.1. The van der Waals surface area contributed by atoms with Crippen molar-refractivity contribution in [1.29, 1.82) is 0 Å². The zero-order valence-corrected chi connectivity index (χ0v) is 17.0. The molecule has 1 heterocycles. The summed E-state index contributed by atoms with van der Waals surface area (Å²) in [5.74, 6) is -0.0333. The lowest BCUT2D eigenvalue weighted by Crippen LogP contribution is -2.30. The fraction of sp³-hybridized carbons (Fsp3) is 0.273. The fourth-order valence-electron chi connectivity index (χ4n) is 3.00. The summed E-state index contributed by atoms with van der Waals surface area (Å²) in [5, 5.41) is 16.8. The Hall–Kier alpha value is -3.06. The Bertz CT molecular complexity index is 955. The fourth-order valence-corrected chi connectivity index (χ4v) is 3.96. The predicted octanol–water partition coefficient (Wildman–Crippen LogP) is 4.65. The first kappa shape index (κ1) is 20.7. The molecule has 0 saturated carbocycles. The van der Waals surface area contributed by atoms with Crippen LogP contribution in [-0.2, 0) is 24.1 Å². The minimum Gasteiger partial charge on any atom is -0.347 e. The Balaban J connectivity index is 1.70. The Morgan fingerprint density at radius 2 is 1.86 bits per heavy atom. The van der Waals surface area contributed by atoms with Crippen LogP contribution in [0.4, 0.5) is 5.69 Å². The number of nitrogens with zero attached hydrogens (tertiary/aromatic N) is 2. The van der Waals surface area contributed by atoms with Crippen molar-refractivity contribution in [3.05, 3.63) is 91.9 Å². The van der Waals surface area contributed by atoms with E-state index in [9.17, 15) is 14.9 Å². The third-order valence-electron chi connectivity index (χ3n) is 4.64. The Kier molecular flexibility index (Phi) is 7.08. The number of nitro groups is 1. The maximum Gasteiger partial charge on any atom is 0.269 e. The molecule has 0 aliphatic rings. The molecule has 0 saturated heterocycles. The van der Waals surface area contributed by atoms with Crippen LogP contribution in [0.1, 0.15) is 41.2 Å². The van der Waals surface area contributed by atoms with E-state index in [4.69, 9.17) is 0 Å². The molecule has 1 atom stereocenters. The molecular formula is C22H23N3O3S. The van der Waals surface area contributed by atoms with Crippen molar-refractivity contribution in [3.8, 4) is 0 Å². The summed E-state index contributed by atoms with van der Waals surface area (Å²) < 4.78 is 0. The van der Waals surface area contributed by atoms with E-state index in [0.717, 1.165) is 28.2 Å². The summed E-state index contributed by atoms with van der Waals surface area (Å²) in [4.78, 5) is 27.7. The highest BCUT2D eigenvalue weighted by molar-refractivity contribution is 7.09. The molecule has 0 aliphatic heterocycles. The van der Waals surface area contributed by atoms with Gasteiger partial charge in [-0.05, 0) is 30.4 Å². The standard InChI is InChI=1S/C22H23N3O3S/c1-2-18-15-29-22(23-18)20(14-17-8-11-19(12-9-17)25(27)28)24-21(26)13-10-16-6-4-3-5-7-16/h3-9,11-12,15,20H,2,10,13-14H2,1H3,(H,24,26). The smallest absolute Gasteiger partial charge is 0.269 e. The molecule has 0 spiro atoms. The van der Waals surface area contributed by atoms with Crippen molar-refractivity contribution in [3.63, 3.8) is 0 Å². The van der Waals surface area contributed by atoms with Gasteiger partial charge in [0.1, 0.15) is 5.01 Å². The number of thiazole rings is 1. The van der Waals surface area contributed by atoms with E-state index in [1.807, 2.05) is 42.6 Å². The van der Waals surface area contributed by atoms with Crippen molar-refractivity contribution in [2.45, 2.75) is 38.6 Å². The number of non-ortho nitro benzene ring substituents is 1. The second kappa shape index (κ2) is 9.93. The second-order valence-corrected chi connectivity index (χ2v) is 7.65. The van der Waals surface area contributed by atoms with Crippen LogP contribution in [-0.4, -0.2) is 15.8 Å². The van der Waals surface area contributed by atoms with Gasteiger partial charge in [-0.15, -0.1) is 11.3 Å². The molecule has 150 valence electrons. The zero-order chi connectivity index (χ0) is 20.6. The molecule has 1 unspecified atom stereocenters. The summed E-state index contributed by atoms with van der Waals surface area (Å²) in [6.07, 6.45) is 2.44. The van der Waals surface area contributed by atoms with Crippen molar-refractivity contribution in [2.24, 2.45) is 0 Å². The van der Waals surface area contributed by atoms with Crippen LogP contribution in [0.25, 0.3) is 0 Å². The molecule has 1 N–H and O–H groups in total. The van der Waals surface area contributed by atoms with Gasteiger partial charge >= 0.3 is 0 Å². The van der Waals surface area contributed by atoms with Crippen LogP contribution < -0.4 is 5.32 Å². The van der Waals surface area contributed by atoms with Gasteiger partial charge in [0, 0.05) is 23.9 Å². The number of benzene rings is 2. The first-order valence-electron chi connectivity index (χ1n) is 9.56. The molecule has 0 aliphatic carbocycles. The van der Waals surface area contributed by atoms with Crippen molar-refractivity contribution < 1.29 is 9.72 Å². The predicted molar refractivity (Wildman–Crippen MR) is 114 cm³/mol. The molecule has 0 fully saturated rings. The molecule has 6 nitrogen and oxygen atoms in total. The van der Waals surface area contributed by atoms with Gasteiger partial charge < -0.3 is 5.32 Å². The van der Waals surface area contributed by atoms with Gasteiger partial charge in [0.25, 0.3) is 5.69 Å². The number of nitro benzene ring substituents is 1. The molecule has 0 radical (unpaired) electrons. The number of carbonyl (C=O) groups excluding carboxylic acids is 1. The van der Waals surface area contributed by atoms with Crippen LogP contribution in [0.2, 0.25) is 0 Å². The molecular weight excluding hydrogens is 386 g/mol. The number of hydrogen-bond acceptors (Lipinski definition) is 5. The van der Waals surface area contributed by atoms with E-state index in [-0.39, 0.29) is 17.6 Å². The van der Waals surface area contributed by atoms with Crippen molar-refractivity contribution in [2.75, 3.05) is 0 Å². The van der Waals surface area contributed by atoms with Gasteiger partial charge in [0.05, 0.1) is 16.7 Å².